The number of carbonyl (C=O) groups excluding carboxylic acids is 1. The van der Waals surface area contributed by atoms with Gasteiger partial charge in [-0.05, 0) is 24.1 Å². The molecule has 3 heterocycles. The third-order valence-corrected chi connectivity index (χ3v) is 5.87. The quantitative estimate of drug-likeness (QED) is 0.778. The first-order chi connectivity index (χ1) is 12.6. The second-order valence-electron chi connectivity index (χ2n) is 7.46. The molecule has 4 rings (SSSR count). The first kappa shape index (κ1) is 17.2. The fraction of sp³-hybridized carbons (Fsp3) is 0.500. The molecular weight excluding hydrogens is 333 g/mol. The van der Waals surface area contributed by atoms with Crippen LogP contribution in [0.1, 0.15) is 17.5 Å². The number of nitriles is 1. The van der Waals surface area contributed by atoms with Gasteiger partial charge in [0.15, 0.2) is 0 Å². The number of nitrogens with zero attached hydrogens (tertiary/aromatic N) is 3. The molecule has 0 aliphatic carbocycles. The van der Waals surface area contributed by atoms with Crippen molar-refractivity contribution in [1.82, 2.24) is 9.80 Å². The van der Waals surface area contributed by atoms with Gasteiger partial charge in [0.1, 0.15) is 11.9 Å². The number of benzene rings is 1. The van der Waals surface area contributed by atoms with Gasteiger partial charge < -0.3 is 9.64 Å². The molecule has 1 aromatic carbocycles. The van der Waals surface area contributed by atoms with Gasteiger partial charge in [0.05, 0.1) is 17.6 Å². The summed E-state index contributed by atoms with van der Waals surface area (Å²) in [6.45, 7) is 4.62. The summed E-state index contributed by atoms with van der Waals surface area (Å²) >= 11 is 0. The van der Waals surface area contributed by atoms with Gasteiger partial charge in [0.2, 0.25) is 5.91 Å². The lowest BCUT2D eigenvalue weighted by atomic mass is 9.73. The second kappa shape index (κ2) is 6.82. The van der Waals surface area contributed by atoms with Crippen molar-refractivity contribution in [2.45, 2.75) is 13.0 Å². The highest BCUT2D eigenvalue weighted by atomic mass is 19.1. The third-order valence-electron chi connectivity index (χ3n) is 5.87. The van der Waals surface area contributed by atoms with Crippen molar-refractivity contribution >= 4 is 5.91 Å². The zero-order valence-corrected chi connectivity index (χ0v) is 14.7. The fourth-order valence-corrected chi connectivity index (χ4v) is 4.49. The minimum Gasteiger partial charge on any atom is -0.381 e. The molecule has 1 aromatic rings. The van der Waals surface area contributed by atoms with E-state index in [-0.39, 0.29) is 17.4 Å². The summed E-state index contributed by atoms with van der Waals surface area (Å²) < 4.78 is 19.6. The predicted molar refractivity (Wildman–Crippen MR) is 93.5 cm³/mol. The Morgan fingerprint density at radius 3 is 2.92 bits per heavy atom. The van der Waals surface area contributed by atoms with E-state index in [0.29, 0.717) is 39.4 Å². The largest absolute Gasteiger partial charge is 0.381 e. The van der Waals surface area contributed by atoms with Crippen LogP contribution in [0.4, 0.5) is 4.39 Å². The number of amides is 1. The first-order valence-corrected chi connectivity index (χ1v) is 9.05. The number of likely N-dealkylation sites (tertiary alicyclic amines) is 1. The first-order valence-electron chi connectivity index (χ1n) is 9.05. The van der Waals surface area contributed by atoms with Crippen molar-refractivity contribution in [2.24, 2.45) is 11.3 Å². The lowest BCUT2D eigenvalue weighted by Gasteiger charge is -2.39. The number of carbonyl (C=O) groups is 1. The molecule has 0 bridgehead atoms. The molecule has 3 aliphatic rings. The van der Waals surface area contributed by atoms with E-state index in [1.54, 1.807) is 6.07 Å². The van der Waals surface area contributed by atoms with Crippen LogP contribution in [-0.4, -0.2) is 55.1 Å². The highest BCUT2D eigenvalue weighted by Crippen LogP contribution is 2.44. The summed E-state index contributed by atoms with van der Waals surface area (Å²) in [4.78, 5) is 17.4. The van der Waals surface area contributed by atoms with Crippen LogP contribution in [0.2, 0.25) is 0 Å². The average Bonchev–Trinajstić information content (AvgIpc) is 3.29. The average molecular weight is 355 g/mol. The second-order valence-corrected chi connectivity index (χ2v) is 7.46. The molecule has 2 atom stereocenters. The van der Waals surface area contributed by atoms with Gasteiger partial charge in [-0.3, -0.25) is 9.69 Å². The number of ether oxygens (including phenoxy) is 1. The van der Waals surface area contributed by atoms with E-state index < -0.39 is 11.2 Å². The van der Waals surface area contributed by atoms with E-state index in [4.69, 9.17) is 10.00 Å². The van der Waals surface area contributed by atoms with Crippen LogP contribution in [0.5, 0.6) is 0 Å². The van der Waals surface area contributed by atoms with Crippen LogP contribution >= 0.6 is 0 Å². The van der Waals surface area contributed by atoms with Crippen LogP contribution in [0.25, 0.3) is 0 Å². The van der Waals surface area contributed by atoms with Crippen molar-refractivity contribution in [3.05, 3.63) is 47.3 Å². The standard InChI is InChI=1S/C20H22FN3O2/c21-18-9-15(3-4-16(18)10-22)11-23-12-17-13-26-8-5-20(17,14-23)19(25)24-6-1-2-7-24/h1-4,9,17H,5-8,11-14H2. The SMILES string of the molecule is N#Cc1ccc(CN2CC3COCCC3(C(=O)N3CC=CC3)C2)cc1F. The normalized spacial score (nSPS) is 28.2. The van der Waals surface area contributed by atoms with E-state index >= 15 is 0 Å². The lowest BCUT2D eigenvalue weighted by molar-refractivity contribution is -0.149. The van der Waals surface area contributed by atoms with Crippen molar-refractivity contribution in [1.29, 1.82) is 5.26 Å². The monoisotopic (exact) mass is 355 g/mol. The van der Waals surface area contributed by atoms with Gasteiger partial charge in [0.25, 0.3) is 0 Å². The summed E-state index contributed by atoms with van der Waals surface area (Å²) in [5.74, 6) is -0.0873. The molecule has 2 fully saturated rings. The molecule has 5 nitrogen and oxygen atoms in total. The zero-order valence-electron chi connectivity index (χ0n) is 14.7. The van der Waals surface area contributed by atoms with Crippen LogP contribution in [0, 0.1) is 28.5 Å². The summed E-state index contributed by atoms with van der Waals surface area (Å²) in [5.41, 5.74) is 0.493. The smallest absolute Gasteiger partial charge is 0.231 e. The summed E-state index contributed by atoms with van der Waals surface area (Å²) in [6.07, 6.45) is 4.81. The fourth-order valence-electron chi connectivity index (χ4n) is 4.49. The van der Waals surface area contributed by atoms with E-state index in [9.17, 15) is 9.18 Å². The van der Waals surface area contributed by atoms with Crippen LogP contribution in [0.3, 0.4) is 0 Å². The van der Waals surface area contributed by atoms with E-state index in [1.807, 2.05) is 23.1 Å². The zero-order chi connectivity index (χ0) is 18.1. The number of hydrogen-bond donors (Lipinski definition) is 0. The Morgan fingerprint density at radius 2 is 2.19 bits per heavy atom. The van der Waals surface area contributed by atoms with E-state index in [1.165, 1.54) is 12.1 Å². The van der Waals surface area contributed by atoms with Gasteiger partial charge in [-0.1, -0.05) is 18.2 Å². The molecule has 0 N–H and O–H groups in total. The molecule has 0 radical (unpaired) electrons. The molecule has 2 saturated heterocycles. The maximum Gasteiger partial charge on any atom is 0.231 e. The Morgan fingerprint density at radius 1 is 1.38 bits per heavy atom. The van der Waals surface area contributed by atoms with Crippen LogP contribution < -0.4 is 0 Å². The molecular formula is C20H22FN3O2. The van der Waals surface area contributed by atoms with Crippen molar-refractivity contribution in [3.8, 4) is 6.07 Å². The number of fused-ring (bicyclic) bond motifs is 1. The van der Waals surface area contributed by atoms with Gasteiger partial charge >= 0.3 is 0 Å². The Kier molecular flexibility index (Phi) is 4.51. The molecule has 6 heteroatoms. The Bertz CT molecular complexity index is 780. The van der Waals surface area contributed by atoms with Gasteiger partial charge in [-0.2, -0.15) is 5.26 Å². The molecule has 3 aliphatic heterocycles. The number of halogens is 1. The molecule has 2 unspecified atom stereocenters. The summed E-state index contributed by atoms with van der Waals surface area (Å²) in [7, 11) is 0. The molecule has 0 aromatic heterocycles. The Hall–Kier alpha value is -2.23. The van der Waals surface area contributed by atoms with Crippen LogP contribution in [-0.2, 0) is 16.1 Å². The highest BCUT2D eigenvalue weighted by Gasteiger charge is 2.54. The maximum atomic E-state index is 13.9. The van der Waals surface area contributed by atoms with Crippen LogP contribution in [0.15, 0.2) is 30.4 Å². The number of hydrogen-bond acceptors (Lipinski definition) is 4. The van der Waals surface area contributed by atoms with Crippen molar-refractivity contribution in [2.75, 3.05) is 39.4 Å². The van der Waals surface area contributed by atoms with Crippen molar-refractivity contribution < 1.29 is 13.9 Å². The molecule has 26 heavy (non-hydrogen) atoms. The molecule has 0 spiro atoms. The molecule has 0 saturated carbocycles. The minimum absolute atomic E-state index is 0.0606. The number of rotatable bonds is 3. The summed E-state index contributed by atoms with van der Waals surface area (Å²) in [5, 5.41) is 8.87. The van der Waals surface area contributed by atoms with Gasteiger partial charge in [0, 0.05) is 45.2 Å². The van der Waals surface area contributed by atoms with Gasteiger partial charge in [-0.25, -0.2) is 4.39 Å². The molecule has 1 amide bonds. The summed E-state index contributed by atoms with van der Waals surface area (Å²) in [6, 6.07) is 6.59. The van der Waals surface area contributed by atoms with Gasteiger partial charge in [-0.15, -0.1) is 0 Å². The highest BCUT2D eigenvalue weighted by molar-refractivity contribution is 5.84. The molecule has 136 valence electrons. The maximum absolute atomic E-state index is 13.9. The van der Waals surface area contributed by atoms with E-state index in [2.05, 4.69) is 4.90 Å². The van der Waals surface area contributed by atoms with Crippen molar-refractivity contribution in [3.63, 3.8) is 0 Å². The van der Waals surface area contributed by atoms with E-state index in [0.717, 1.165) is 18.5 Å². The predicted octanol–water partition coefficient (Wildman–Crippen LogP) is 1.93. The third kappa shape index (κ3) is 2.91. The Balaban J connectivity index is 1.52. The Labute approximate surface area is 152 Å². The topological polar surface area (TPSA) is 56.6 Å². The lowest BCUT2D eigenvalue weighted by Crippen LogP contribution is -2.51. The minimum atomic E-state index is -0.487.